The molecule has 1 fully saturated rings. The van der Waals surface area contributed by atoms with Crippen molar-refractivity contribution < 1.29 is 8.42 Å². The predicted octanol–water partition coefficient (Wildman–Crippen LogP) is 3.44. The smallest absolute Gasteiger partial charge is 0.281 e. The molecule has 34 heavy (non-hydrogen) atoms. The quantitative estimate of drug-likeness (QED) is 0.432. The number of H-pyrrole nitrogens is 1. The van der Waals surface area contributed by atoms with Crippen molar-refractivity contribution in [3.63, 3.8) is 0 Å². The zero-order valence-corrected chi connectivity index (χ0v) is 20.2. The predicted molar refractivity (Wildman–Crippen MR) is 129 cm³/mol. The Labute approximate surface area is 205 Å². The van der Waals surface area contributed by atoms with Gasteiger partial charge in [0.15, 0.2) is 11.2 Å². The Kier molecular flexibility index (Phi) is 6.15. The van der Waals surface area contributed by atoms with Gasteiger partial charge in [-0.1, -0.05) is 46.6 Å². The number of fused-ring (bicyclic) bond motifs is 1. The standard InChI is InChI=1S/C22H20Cl2N6O3S/c23-16-6-1-4-14(10-16)12-30-21-19(27-28-30)22(31)26-20(25-21)15-5-3-9-29(13-15)34(32,33)18-8-2-7-17(24)11-18/h1-2,4,6-8,10-11,15H,3,5,9,12-13H2,(H,25,26,31). The third-order valence-corrected chi connectivity index (χ3v) is 8.15. The van der Waals surface area contributed by atoms with Gasteiger partial charge in [0.2, 0.25) is 10.0 Å². The maximum Gasteiger partial charge on any atom is 0.281 e. The molecule has 1 atom stereocenters. The van der Waals surface area contributed by atoms with Crippen molar-refractivity contribution in [2.24, 2.45) is 0 Å². The van der Waals surface area contributed by atoms with E-state index in [1.54, 1.807) is 22.9 Å². The lowest BCUT2D eigenvalue weighted by Crippen LogP contribution is -2.39. The minimum Gasteiger partial charge on any atom is -0.308 e. The molecule has 1 unspecified atom stereocenters. The Morgan fingerprint density at radius 2 is 1.85 bits per heavy atom. The van der Waals surface area contributed by atoms with Crippen LogP contribution in [-0.2, 0) is 16.6 Å². The van der Waals surface area contributed by atoms with E-state index in [0.717, 1.165) is 5.56 Å². The summed E-state index contributed by atoms with van der Waals surface area (Å²) in [4.78, 5) is 20.3. The Morgan fingerprint density at radius 3 is 2.62 bits per heavy atom. The number of sulfonamides is 1. The molecular formula is C22H20Cl2N6O3S. The number of nitrogens with one attached hydrogen (secondary N) is 1. The van der Waals surface area contributed by atoms with E-state index in [-0.39, 0.29) is 22.9 Å². The van der Waals surface area contributed by atoms with Crippen molar-refractivity contribution in [2.45, 2.75) is 30.2 Å². The molecule has 0 saturated carbocycles. The van der Waals surface area contributed by atoms with Gasteiger partial charge >= 0.3 is 0 Å². The van der Waals surface area contributed by atoms with Gasteiger partial charge in [0.25, 0.3) is 5.56 Å². The number of aromatic nitrogens is 5. The van der Waals surface area contributed by atoms with Crippen LogP contribution in [0.2, 0.25) is 10.0 Å². The zero-order chi connectivity index (χ0) is 23.9. The topological polar surface area (TPSA) is 114 Å². The molecule has 1 aliphatic rings. The van der Waals surface area contributed by atoms with Crippen LogP contribution in [0.4, 0.5) is 0 Å². The number of aromatic amines is 1. The van der Waals surface area contributed by atoms with E-state index in [1.807, 2.05) is 18.2 Å². The first-order valence-electron chi connectivity index (χ1n) is 10.6. The van der Waals surface area contributed by atoms with Crippen molar-refractivity contribution in [1.29, 1.82) is 0 Å². The van der Waals surface area contributed by atoms with Crippen molar-refractivity contribution in [3.05, 3.63) is 80.3 Å². The molecule has 1 aliphatic heterocycles. The van der Waals surface area contributed by atoms with E-state index in [2.05, 4.69) is 20.3 Å². The van der Waals surface area contributed by atoms with Crippen LogP contribution in [0, 0.1) is 0 Å². The molecule has 1 saturated heterocycles. The van der Waals surface area contributed by atoms with Crippen LogP contribution in [0.15, 0.2) is 58.2 Å². The van der Waals surface area contributed by atoms with E-state index in [0.29, 0.717) is 47.4 Å². The Morgan fingerprint density at radius 1 is 1.09 bits per heavy atom. The molecule has 2 aromatic carbocycles. The van der Waals surface area contributed by atoms with Crippen LogP contribution in [-0.4, -0.2) is 50.8 Å². The van der Waals surface area contributed by atoms with Crippen LogP contribution >= 0.6 is 23.2 Å². The lowest BCUT2D eigenvalue weighted by molar-refractivity contribution is 0.309. The van der Waals surface area contributed by atoms with E-state index in [9.17, 15) is 13.2 Å². The van der Waals surface area contributed by atoms with Crippen molar-refractivity contribution in [3.8, 4) is 0 Å². The van der Waals surface area contributed by atoms with Gasteiger partial charge in [-0.15, -0.1) is 5.10 Å². The number of piperidine rings is 1. The highest BCUT2D eigenvalue weighted by Crippen LogP contribution is 2.29. The first kappa shape index (κ1) is 23.0. The molecule has 0 amide bonds. The van der Waals surface area contributed by atoms with Gasteiger partial charge in [-0.3, -0.25) is 4.79 Å². The second kappa shape index (κ2) is 9.10. The summed E-state index contributed by atoms with van der Waals surface area (Å²) < 4.78 is 29.3. The second-order valence-corrected chi connectivity index (χ2v) is 11.0. The van der Waals surface area contributed by atoms with Gasteiger partial charge in [0, 0.05) is 29.1 Å². The fraction of sp³-hybridized carbons (Fsp3) is 0.273. The molecule has 0 bridgehead atoms. The lowest BCUT2D eigenvalue weighted by atomic mass is 9.99. The molecule has 3 heterocycles. The SMILES string of the molecule is O=c1[nH]c(C2CCCN(S(=O)(=O)c3cccc(Cl)c3)C2)nc2c1nnn2Cc1cccc(Cl)c1. The summed E-state index contributed by atoms with van der Waals surface area (Å²) in [6.45, 7) is 0.915. The van der Waals surface area contributed by atoms with Crippen LogP contribution in [0.25, 0.3) is 11.2 Å². The second-order valence-electron chi connectivity index (χ2n) is 8.16. The van der Waals surface area contributed by atoms with Crippen LogP contribution in [0.3, 0.4) is 0 Å². The van der Waals surface area contributed by atoms with Gasteiger partial charge in [-0.2, -0.15) is 4.31 Å². The van der Waals surface area contributed by atoms with Gasteiger partial charge in [-0.25, -0.2) is 18.1 Å². The van der Waals surface area contributed by atoms with Gasteiger partial charge in [0.1, 0.15) is 5.82 Å². The lowest BCUT2D eigenvalue weighted by Gasteiger charge is -2.31. The fourth-order valence-electron chi connectivity index (χ4n) is 4.15. The summed E-state index contributed by atoms with van der Waals surface area (Å²) in [5.74, 6) is 0.132. The minimum absolute atomic E-state index is 0.130. The molecule has 12 heteroatoms. The van der Waals surface area contributed by atoms with Gasteiger partial charge in [0.05, 0.1) is 11.4 Å². The van der Waals surface area contributed by atoms with Crippen LogP contribution in [0.1, 0.15) is 30.1 Å². The van der Waals surface area contributed by atoms with Crippen molar-refractivity contribution in [2.75, 3.05) is 13.1 Å². The molecule has 9 nitrogen and oxygen atoms in total. The Hall–Kier alpha value is -2.79. The van der Waals surface area contributed by atoms with E-state index >= 15 is 0 Å². The number of rotatable bonds is 5. The molecule has 5 rings (SSSR count). The summed E-state index contributed by atoms with van der Waals surface area (Å²) in [5.41, 5.74) is 0.949. The maximum absolute atomic E-state index is 13.2. The van der Waals surface area contributed by atoms with Crippen molar-refractivity contribution >= 4 is 44.4 Å². The summed E-state index contributed by atoms with van der Waals surface area (Å²) in [7, 11) is -3.73. The van der Waals surface area contributed by atoms with Crippen LogP contribution in [0.5, 0.6) is 0 Å². The molecule has 0 aliphatic carbocycles. The number of hydrogen-bond acceptors (Lipinski definition) is 6. The van der Waals surface area contributed by atoms with Gasteiger partial charge < -0.3 is 4.98 Å². The summed E-state index contributed by atoms with van der Waals surface area (Å²) in [5, 5.41) is 9.02. The number of benzene rings is 2. The first-order valence-corrected chi connectivity index (χ1v) is 12.8. The van der Waals surface area contributed by atoms with E-state index in [4.69, 9.17) is 23.2 Å². The third kappa shape index (κ3) is 4.46. The zero-order valence-electron chi connectivity index (χ0n) is 17.9. The molecule has 2 aromatic heterocycles. The highest BCUT2D eigenvalue weighted by molar-refractivity contribution is 7.89. The van der Waals surface area contributed by atoms with Crippen molar-refractivity contribution in [1.82, 2.24) is 29.3 Å². The summed E-state index contributed by atoms with van der Waals surface area (Å²) in [6.07, 6.45) is 1.32. The number of hydrogen-bond donors (Lipinski definition) is 1. The van der Waals surface area contributed by atoms with E-state index in [1.165, 1.54) is 16.4 Å². The highest BCUT2D eigenvalue weighted by Gasteiger charge is 2.32. The number of halogens is 2. The Bertz CT molecular complexity index is 1540. The van der Waals surface area contributed by atoms with Gasteiger partial charge in [-0.05, 0) is 48.7 Å². The monoisotopic (exact) mass is 518 g/mol. The molecule has 4 aromatic rings. The molecule has 176 valence electrons. The normalized spacial score (nSPS) is 17.3. The maximum atomic E-state index is 13.2. The average molecular weight is 519 g/mol. The molecule has 0 spiro atoms. The average Bonchev–Trinajstić information content (AvgIpc) is 3.22. The molecule has 1 N–H and O–H groups in total. The fourth-order valence-corrected chi connectivity index (χ4v) is 6.19. The highest BCUT2D eigenvalue weighted by atomic mass is 35.5. The third-order valence-electron chi connectivity index (χ3n) is 5.82. The minimum atomic E-state index is -3.73. The Balaban J connectivity index is 1.46. The summed E-state index contributed by atoms with van der Waals surface area (Å²) in [6, 6.07) is 13.5. The first-order chi connectivity index (χ1) is 16.3. The largest absolute Gasteiger partial charge is 0.308 e. The summed E-state index contributed by atoms with van der Waals surface area (Å²) >= 11 is 12.1. The molecular weight excluding hydrogens is 499 g/mol. The number of nitrogens with zero attached hydrogens (tertiary/aromatic N) is 5. The molecule has 0 radical (unpaired) electrons. The van der Waals surface area contributed by atoms with E-state index < -0.39 is 15.6 Å². The van der Waals surface area contributed by atoms with Crippen LogP contribution < -0.4 is 5.56 Å².